The van der Waals surface area contributed by atoms with Crippen LogP contribution in [0.25, 0.3) is 0 Å². The largest absolute Gasteiger partial charge is 0.478 e. The van der Waals surface area contributed by atoms with Crippen LogP contribution in [0.1, 0.15) is 57.4 Å². The third kappa shape index (κ3) is 2.86. The summed E-state index contributed by atoms with van der Waals surface area (Å²) in [7, 11) is 0. The standard InChI is InChI=1S/C18H19NO4/c1-11(2)14-5-3-4-12-9-19(7-6-15(12)14)17(20)16-8-13(10-23-16)18(21)22/h3-5,8,10-11H,6-7,9H2,1-2H3,(H,21,22). The van der Waals surface area contributed by atoms with Crippen molar-refractivity contribution in [3.05, 3.63) is 58.5 Å². The first kappa shape index (κ1) is 15.3. The maximum atomic E-state index is 12.5. The van der Waals surface area contributed by atoms with Crippen molar-refractivity contribution in [3.8, 4) is 0 Å². The molecule has 0 saturated heterocycles. The van der Waals surface area contributed by atoms with E-state index in [9.17, 15) is 9.59 Å². The second kappa shape index (κ2) is 5.91. The van der Waals surface area contributed by atoms with Crippen LogP contribution >= 0.6 is 0 Å². The lowest BCUT2D eigenvalue weighted by Gasteiger charge is -2.30. The zero-order valence-corrected chi connectivity index (χ0v) is 13.2. The Morgan fingerprint density at radius 3 is 2.74 bits per heavy atom. The van der Waals surface area contributed by atoms with Gasteiger partial charge < -0.3 is 14.4 Å². The van der Waals surface area contributed by atoms with Crippen LogP contribution in [-0.2, 0) is 13.0 Å². The predicted molar refractivity (Wildman–Crippen MR) is 84.6 cm³/mol. The Morgan fingerprint density at radius 2 is 2.09 bits per heavy atom. The van der Waals surface area contributed by atoms with Crippen LogP contribution in [0, 0.1) is 0 Å². The summed E-state index contributed by atoms with van der Waals surface area (Å²) < 4.78 is 5.12. The number of carboxylic acids is 1. The van der Waals surface area contributed by atoms with E-state index in [2.05, 4.69) is 19.9 Å². The first-order chi connectivity index (χ1) is 11.0. The summed E-state index contributed by atoms with van der Waals surface area (Å²) in [4.78, 5) is 25.1. The second-order valence-electron chi connectivity index (χ2n) is 6.12. The summed E-state index contributed by atoms with van der Waals surface area (Å²) in [5.41, 5.74) is 3.81. The zero-order valence-electron chi connectivity index (χ0n) is 13.2. The Bertz CT molecular complexity index is 760. The van der Waals surface area contributed by atoms with E-state index >= 15 is 0 Å². The third-order valence-electron chi connectivity index (χ3n) is 4.27. The molecule has 1 aliphatic heterocycles. The number of hydrogen-bond acceptors (Lipinski definition) is 3. The molecule has 1 amide bonds. The molecule has 1 N–H and O–H groups in total. The lowest BCUT2D eigenvalue weighted by Crippen LogP contribution is -2.36. The highest BCUT2D eigenvalue weighted by atomic mass is 16.4. The van der Waals surface area contributed by atoms with Crippen molar-refractivity contribution in [1.82, 2.24) is 4.90 Å². The molecule has 5 nitrogen and oxygen atoms in total. The summed E-state index contributed by atoms with van der Waals surface area (Å²) in [6, 6.07) is 7.50. The minimum absolute atomic E-state index is 0.00662. The molecule has 2 aromatic rings. The number of aromatic carboxylic acids is 1. The number of furan rings is 1. The second-order valence-corrected chi connectivity index (χ2v) is 6.12. The maximum absolute atomic E-state index is 12.5. The van der Waals surface area contributed by atoms with Crippen LogP contribution in [0.3, 0.4) is 0 Å². The molecule has 0 bridgehead atoms. The van der Waals surface area contributed by atoms with Gasteiger partial charge >= 0.3 is 5.97 Å². The minimum Gasteiger partial charge on any atom is -0.478 e. The number of nitrogens with zero attached hydrogens (tertiary/aromatic N) is 1. The van der Waals surface area contributed by atoms with E-state index in [0.29, 0.717) is 19.0 Å². The molecule has 0 spiro atoms. The molecule has 2 heterocycles. The van der Waals surface area contributed by atoms with Crippen LogP contribution in [0.15, 0.2) is 34.9 Å². The van der Waals surface area contributed by atoms with Gasteiger partial charge in [-0.15, -0.1) is 0 Å². The number of carbonyl (C=O) groups is 2. The van der Waals surface area contributed by atoms with Crippen molar-refractivity contribution in [2.24, 2.45) is 0 Å². The van der Waals surface area contributed by atoms with Gasteiger partial charge in [0.05, 0.1) is 5.56 Å². The highest BCUT2D eigenvalue weighted by Crippen LogP contribution is 2.28. The molecule has 1 aromatic carbocycles. The van der Waals surface area contributed by atoms with Gasteiger partial charge in [-0.1, -0.05) is 32.0 Å². The molecular weight excluding hydrogens is 294 g/mol. The van der Waals surface area contributed by atoms with E-state index in [1.165, 1.54) is 17.2 Å². The van der Waals surface area contributed by atoms with Crippen LogP contribution in [0.4, 0.5) is 0 Å². The summed E-state index contributed by atoms with van der Waals surface area (Å²) in [5, 5.41) is 8.92. The van der Waals surface area contributed by atoms with Gasteiger partial charge in [0.2, 0.25) is 0 Å². The molecule has 1 aromatic heterocycles. The van der Waals surface area contributed by atoms with Gasteiger partial charge in [0.1, 0.15) is 6.26 Å². The SMILES string of the molecule is CC(C)c1cccc2c1CCN(C(=O)c1cc(C(=O)O)co1)C2. The average molecular weight is 313 g/mol. The number of carbonyl (C=O) groups excluding carboxylic acids is 1. The maximum Gasteiger partial charge on any atom is 0.338 e. The van der Waals surface area contributed by atoms with Crippen LogP contribution < -0.4 is 0 Å². The Hall–Kier alpha value is -2.56. The Balaban J connectivity index is 1.82. The molecule has 23 heavy (non-hydrogen) atoms. The Kier molecular flexibility index (Phi) is 3.94. The summed E-state index contributed by atoms with van der Waals surface area (Å²) >= 11 is 0. The van der Waals surface area contributed by atoms with Gasteiger partial charge in [0.15, 0.2) is 5.76 Å². The minimum atomic E-state index is -1.10. The number of fused-ring (bicyclic) bond motifs is 1. The molecule has 1 aliphatic rings. The average Bonchev–Trinajstić information content (AvgIpc) is 3.03. The fourth-order valence-corrected chi connectivity index (χ4v) is 3.07. The van der Waals surface area contributed by atoms with E-state index in [-0.39, 0.29) is 17.2 Å². The summed E-state index contributed by atoms with van der Waals surface area (Å²) in [6.45, 7) is 5.48. The molecule has 3 rings (SSSR count). The fourth-order valence-electron chi connectivity index (χ4n) is 3.07. The Labute approximate surface area is 134 Å². The van der Waals surface area contributed by atoms with Crippen molar-refractivity contribution in [3.63, 3.8) is 0 Å². The van der Waals surface area contributed by atoms with Crippen LogP contribution in [0.2, 0.25) is 0 Å². The van der Waals surface area contributed by atoms with E-state index in [1.54, 1.807) is 4.90 Å². The molecule has 0 atom stereocenters. The molecule has 0 saturated carbocycles. The van der Waals surface area contributed by atoms with Crippen LogP contribution in [-0.4, -0.2) is 28.4 Å². The van der Waals surface area contributed by atoms with Gasteiger partial charge in [-0.25, -0.2) is 4.79 Å². The van der Waals surface area contributed by atoms with Crippen molar-refractivity contribution in [2.75, 3.05) is 6.54 Å². The highest BCUT2D eigenvalue weighted by molar-refractivity contribution is 5.95. The highest BCUT2D eigenvalue weighted by Gasteiger charge is 2.26. The lowest BCUT2D eigenvalue weighted by atomic mass is 9.89. The molecule has 0 aliphatic carbocycles. The van der Waals surface area contributed by atoms with Gasteiger partial charge in [-0.3, -0.25) is 4.79 Å². The topological polar surface area (TPSA) is 70.8 Å². The predicted octanol–water partition coefficient (Wildman–Crippen LogP) is 3.30. The van der Waals surface area contributed by atoms with E-state index in [4.69, 9.17) is 9.52 Å². The van der Waals surface area contributed by atoms with Gasteiger partial charge in [0, 0.05) is 19.2 Å². The van der Waals surface area contributed by atoms with Crippen molar-refractivity contribution >= 4 is 11.9 Å². The molecule has 5 heteroatoms. The number of carboxylic acid groups (broad SMARTS) is 1. The Morgan fingerprint density at radius 1 is 1.30 bits per heavy atom. The quantitative estimate of drug-likeness (QED) is 0.944. The van der Waals surface area contributed by atoms with E-state index < -0.39 is 5.97 Å². The number of hydrogen-bond donors (Lipinski definition) is 1. The molecule has 0 fully saturated rings. The van der Waals surface area contributed by atoms with E-state index in [1.807, 2.05) is 12.1 Å². The number of benzene rings is 1. The van der Waals surface area contributed by atoms with Crippen LogP contribution in [0.5, 0.6) is 0 Å². The van der Waals surface area contributed by atoms with Crippen molar-refractivity contribution < 1.29 is 19.1 Å². The fraction of sp³-hybridized carbons (Fsp3) is 0.333. The molecule has 120 valence electrons. The van der Waals surface area contributed by atoms with Gasteiger partial charge in [0.25, 0.3) is 5.91 Å². The first-order valence-corrected chi connectivity index (χ1v) is 7.69. The van der Waals surface area contributed by atoms with Crippen molar-refractivity contribution in [2.45, 2.75) is 32.7 Å². The summed E-state index contributed by atoms with van der Waals surface area (Å²) in [5.74, 6) is -0.835. The lowest BCUT2D eigenvalue weighted by molar-refractivity contribution is 0.0690. The van der Waals surface area contributed by atoms with Gasteiger partial charge in [-0.2, -0.15) is 0 Å². The number of amides is 1. The summed E-state index contributed by atoms with van der Waals surface area (Å²) in [6.07, 6.45) is 1.91. The normalized spacial score (nSPS) is 14.0. The number of rotatable bonds is 3. The monoisotopic (exact) mass is 313 g/mol. The molecular formula is C18H19NO4. The van der Waals surface area contributed by atoms with Gasteiger partial charge in [-0.05, 0) is 29.0 Å². The molecule has 0 radical (unpaired) electrons. The third-order valence-corrected chi connectivity index (χ3v) is 4.27. The van der Waals surface area contributed by atoms with Crippen molar-refractivity contribution in [1.29, 1.82) is 0 Å². The smallest absolute Gasteiger partial charge is 0.338 e. The first-order valence-electron chi connectivity index (χ1n) is 7.69. The zero-order chi connectivity index (χ0) is 16.6. The molecule has 0 unspecified atom stereocenters. The van der Waals surface area contributed by atoms with E-state index in [0.717, 1.165) is 18.2 Å².